The van der Waals surface area contributed by atoms with Crippen LogP contribution in [0.15, 0.2) is 46.8 Å². The van der Waals surface area contributed by atoms with Crippen molar-refractivity contribution in [1.82, 2.24) is 15.0 Å². The van der Waals surface area contributed by atoms with Crippen LogP contribution in [-0.2, 0) is 16.0 Å². The van der Waals surface area contributed by atoms with E-state index in [1.807, 2.05) is 12.1 Å². The highest BCUT2D eigenvalue weighted by atomic mass is 32.1. The third-order valence-electron chi connectivity index (χ3n) is 4.98. The van der Waals surface area contributed by atoms with E-state index in [-0.39, 0.29) is 6.29 Å². The molecule has 0 radical (unpaired) electrons. The Morgan fingerprint density at radius 1 is 1.33 bits per heavy atom. The lowest BCUT2D eigenvalue weighted by Crippen LogP contribution is -2.23. The van der Waals surface area contributed by atoms with Gasteiger partial charge in [-0.1, -0.05) is 11.3 Å². The number of pyridine rings is 2. The van der Waals surface area contributed by atoms with Gasteiger partial charge in [0.25, 0.3) is 0 Å². The molecule has 4 N–H and O–H groups in total. The summed E-state index contributed by atoms with van der Waals surface area (Å²) in [6.45, 7) is 2.17. The summed E-state index contributed by atoms with van der Waals surface area (Å²) in [6, 6.07) is 7.27. The van der Waals surface area contributed by atoms with Gasteiger partial charge in [-0.15, -0.1) is 0 Å². The molecule has 1 saturated heterocycles. The number of allylic oxidation sites excluding steroid dienone is 1. The highest BCUT2D eigenvalue weighted by molar-refractivity contribution is 7.18. The number of fused-ring (bicyclic) bond motifs is 1. The average Bonchev–Trinajstić information content (AvgIpc) is 3.28. The Balaban J connectivity index is 1.38. The van der Waals surface area contributed by atoms with Gasteiger partial charge in [-0.25, -0.2) is 20.5 Å². The fourth-order valence-corrected chi connectivity index (χ4v) is 4.16. The first-order valence-corrected chi connectivity index (χ1v) is 11.6. The molecule has 1 aliphatic heterocycles. The van der Waals surface area contributed by atoms with E-state index < -0.39 is 0 Å². The number of rotatable bonds is 10. The van der Waals surface area contributed by atoms with Gasteiger partial charge < -0.3 is 20.5 Å². The fourth-order valence-electron chi connectivity index (χ4n) is 3.32. The normalized spacial score (nSPS) is 17.0. The van der Waals surface area contributed by atoms with E-state index >= 15 is 0 Å². The summed E-state index contributed by atoms with van der Waals surface area (Å²) in [5.74, 6) is 0.472. The number of thiazole rings is 1. The zero-order valence-corrected chi connectivity index (χ0v) is 18.9. The summed E-state index contributed by atoms with van der Waals surface area (Å²) < 4.78 is 11.2. The van der Waals surface area contributed by atoms with Crippen LogP contribution >= 0.6 is 11.3 Å². The minimum Gasteiger partial charge on any atom is -0.404 e. The first-order valence-electron chi connectivity index (χ1n) is 10.7. The first-order chi connectivity index (χ1) is 16.3. The minimum atomic E-state index is -0.124. The van der Waals surface area contributed by atoms with Crippen molar-refractivity contribution in [2.24, 2.45) is 15.8 Å². The third-order valence-corrected chi connectivity index (χ3v) is 5.96. The van der Waals surface area contributed by atoms with Crippen molar-refractivity contribution < 1.29 is 9.47 Å². The summed E-state index contributed by atoms with van der Waals surface area (Å²) in [4.78, 5) is 18.8. The van der Waals surface area contributed by atoms with Crippen LogP contribution in [0.1, 0.15) is 30.0 Å². The maximum Gasteiger partial charge on any atom is 0.157 e. The van der Waals surface area contributed by atoms with Crippen molar-refractivity contribution in [3.05, 3.63) is 47.4 Å². The highest BCUT2D eigenvalue weighted by Crippen LogP contribution is 2.26. The Morgan fingerprint density at radius 2 is 2.27 bits per heavy atom. The molecule has 3 aromatic rings. The van der Waals surface area contributed by atoms with Crippen LogP contribution in [-0.4, -0.2) is 47.2 Å². The van der Waals surface area contributed by atoms with Crippen LogP contribution in [0, 0.1) is 5.53 Å². The number of nitrogens with zero attached hydrogens (tertiary/aromatic N) is 5. The molecule has 0 bridgehead atoms. The zero-order valence-electron chi connectivity index (χ0n) is 18.1. The van der Waals surface area contributed by atoms with Crippen molar-refractivity contribution in [2.75, 3.05) is 25.1 Å². The van der Waals surface area contributed by atoms with Crippen LogP contribution in [0.5, 0.6) is 0 Å². The highest BCUT2D eigenvalue weighted by Gasteiger charge is 2.13. The SMILES string of the molecule is N=Nc1ccc(C(C=NCCOC2CCCCO2)=CN)nc1NCc1nc2cccnc2s1. The van der Waals surface area contributed by atoms with Crippen LogP contribution in [0.4, 0.5) is 11.5 Å². The Morgan fingerprint density at radius 3 is 3.06 bits per heavy atom. The number of nitrogens with one attached hydrogen (secondary N) is 2. The average molecular weight is 467 g/mol. The van der Waals surface area contributed by atoms with E-state index in [1.165, 1.54) is 17.5 Å². The van der Waals surface area contributed by atoms with Gasteiger partial charge in [-0.3, -0.25) is 4.99 Å². The van der Waals surface area contributed by atoms with E-state index in [0.717, 1.165) is 41.2 Å². The Bertz CT molecular complexity index is 1110. The number of anilines is 1. The van der Waals surface area contributed by atoms with E-state index in [2.05, 4.69) is 30.4 Å². The lowest BCUT2D eigenvalue weighted by molar-refractivity contribution is -0.160. The summed E-state index contributed by atoms with van der Waals surface area (Å²) in [5, 5.41) is 7.65. The monoisotopic (exact) mass is 466 g/mol. The van der Waals surface area contributed by atoms with E-state index in [9.17, 15) is 0 Å². The second-order valence-corrected chi connectivity index (χ2v) is 8.35. The second kappa shape index (κ2) is 11.5. The summed E-state index contributed by atoms with van der Waals surface area (Å²) in [5.41, 5.74) is 15.8. The number of hydrogen-bond acceptors (Lipinski definition) is 11. The summed E-state index contributed by atoms with van der Waals surface area (Å²) in [6.07, 6.45) is 7.91. The molecule has 3 aromatic heterocycles. The smallest absolute Gasteiger partial charge is 0.157 e. The largest absolute Gasteiger partial charge is 0.404 e. The van der Waals surface area contributed by atoms with Crippen LogP contribution < -0.4 is 11.1 Å². The van der Waals surface area contributed by atoms with Gasteiger partial charge in [0.2, 0.25) is 0 Å². The van der Waals surface area contributed by atoms with Crippen molar-refractivity contribution in [3.63, 3.8) is 0 Å². The molecule has 10 nitrogen and oxygen atoms in total. The van der Waals surface area contributed by atoms with Crippen molar-refractivity contribution in [1.29, 1.82) is 5.53 Å². The molecule has 4 rings (SSSR count). The Kier molecular flexibility index (Phi) is 8.01. The maximum atomic E-state index is 7.45. The minimum absolute atomic E-state index is 0.124. The fraction of sp³-hybridized carbons (Fsp3) is 0.364. The molecule has 4 heterocycles. The molecule has 0 aliphatic carbocycles. The molecule has 0 spiro atoms. The molecule has 1 unspecified atom stereocenters. The summed E-state index contributed by atoms with van der Waals surface area (Å²) in [7, 11) is 0. The predicted octanol–water partition coefficient (Wildman–Crippen LogP) is 4.27. The molecule has 11 heteroatoms. The van der Waals surface area contributed by atoms with E-state index in [1.54, 1.807) is 24.5 Å². The molecular formula is C22H26N8O2S. The number of aromatic nitrogens is 3. The molecule has 1 aliphatic rings. The molecular weight excluding hydrogens is 440 g/mol. The quantitative estimate of drug-likeness (QED) is 0.230. The molecule has 33 heavy (non-hydrogen) atoms. The van der Waals surface area contributed by atoms with Crippen molar-refractivity contribution in [3.8, 4) is 0 Å². The van der Waals surface area contributed by atoms with Crippen molar-refractivity contribution >= 4 is 45.0 Å². The van der Waals surface area contributed by atoms with Crippen LogP contribution in [0.3, 0.4) is 0 Å². The van der Waals surface area contributed by atoms with Gasteiger partial charge in [-0.2, -0.15) is 5.11 Å². The Hall–Kier alpha value is -3.28. The lowest BCUT2D eigenvalue weighted by atomic mass is 10.2. The topological polar surface area (TPSA) is 144 Å². The van der Waals surface area contributed by atoms with Gasteiger partial charge in [0.1, 0.15) is 21.0 Å². The molecule has 172 valence electrons. The lowest BCUT2D eigenvalue weighted by Gasteiger charge is -2.22. The number of hydrogen-bond donors (Lipinski definition) is 3. The number of ether oxygens (including phenoxy) is 2. The van der Waals surface area contributed by atoms with Gasteiger partial charge in [-0.05, 0) is 43.5 Å². The third kappa shape index (κ3) is 6.15. The maximum absolute atomic E-state index is 7.45. The van der Waals surface area contributed by atoms with Gasteiger partial charge in [0.05, 0.1) is 25.4 Å². The zero-order chi connectivity index (χ0) is 22.9. The molecule has 0 amide bonds. The summed E-state index contributed by atoms with van der Waals surface area (Å²) >= 11 is 1.51. The van der Waals surface area contributed by atoms with Crippen molar-refractivity contribution in [2.45, 2.75) is 32.1 Å². The van der Waals surface area contributed by atoms with Gasteiger partial charge >= 0.3 is 0 Å². The van der Waals surface area contributed by atoms with Gasteiger partial charge in [0.15, 0.2) is 12.1 Å². The molecule has 0 saturated carbocycles. The molecule has 1 fully saturated rings. The standard InChI is InChI=1S/C22H26N8O2S/c23-12-15(13-25-9-11-32-20-5-1-2-10-31-20)16-6-7-17(30-24)21(29-16)27-14-19-28-18-4-3-8-26-22(18)33-19/h3-4,6-8,12-13,20,24H,1-2,5,9-11,14,23H2,(H,27,29). The van der Waals surface area contributed by atoms with Gasteiger partial charge in [0, 0.05) is 30.8 Å². The number of nitrogens with two attached hydrogens (primary N) is 1. The van der Waals surface area contributed by atoms with E-state index in [0.29, 0.717) is 42.5 Å². The van der Waals surface area contributed by atoms with E-state index in [4.69, 9.17) is 20.7 Å². The molecule has 0 aromatic carbocycles. The van der Waals surface area contributed by atoms with Crippen LogP contribution in [0.2, 0.25) is 0 Å². The second-order valence-electron chi connectivity index (χ2n) is 7.29. The number of aliphatic imine (C=N–C) groups is 1. The molecule has 1 atom stereocenters. The predicted molar refractivity (Wildman–Crippen MR) is 129 cm³/mol. The van der Waals surface area contributed by atoms with Crippen LogP contribution in [0.25, 0.3) is 15.9 Å². The Labute approximate surface area is 195 Å². The first kappa shape index (κ1) is 22.9.